The summed E-state index contributed by atoms with van der Waals surface area (Å²) in [6, 6.07) is 0. The zero-order chi connectivity index (χ0) is 26.2. The lowest BCUT2D eigenvalue weighted by molar-refractivity contribution is -0.144. The molecule has 0 bridgehead atoms. The maximum absolute atomic E-state index is 11.1. The first-order valence-electron chi connectivity index (χ1n) is 13.1. The van der Waals surface area contributed by atoms with Gasteiger partial charge in [0.2, 0.25) is 0 Å². The SMILES string of the molecule is CCOC(=O)CCOCCOCCOCCOCCOCCOCCOCCOCCCCCCCl. The molecule has 0 radical (unpaired) electrons. The summed E-state index contributed by atoms with van der Waals surface area (Å²) in [6.45, 7) is 10.6. The van der Waals surface area contributed by atoms with Gasteiger partial charge in [-0.1, -0.05) is 12.8 Å². The van der Waals surface area contributed by atoms with Crippen LogP contribution in [0.3, 0.4) is 0 Å². The predicted molar refractivity (Wildman–Crippen MR) is 137 cm³/mol. The van der Waals surface area contributed by atoms with E-state index in [0.717, 1.165) is 25.3 Å². The third-order valence-corrected chi connectivity index (χ3v) is 4.80. The third kappa shape index (κ3) is 31.5. The Kier molecular flexibility index (Phi) is 32.0. The van der Waals surface area contributed by atoms with Crippen molar-refractivity contribution in [3.05, 3.63) is 0 Å². The number of hydrogen-bond acceptors (Lipinski definition) is 10. The Morgan fingerprint density at radius 1 is 0.472 bits per heavy atom. The molecule has 11 heteroatoms. The number of ether oxygens (including phenoxy) is 9. The molecule has 0 N–H and O–H groups in total. The summed E-state index contributed by atoms with van der Waals surface area (Å²) in [4.78, 5) is 11.1. The molecule has 0 rings (SSSR count). The van der Waals surface area contributed by atoms with Crippen LogP contribution in [0.15, 0.2) is 0 Å². The molecule has 0 aliphatic carbocycles. The topological polar surface area (TPSA) is 100 Å². The van der Waals surface area contributed by atoms with E-state index < -0.39 is 0 Å². The smallest absolute Gasteiger partial charge is 0.308 e. The molecule has 0 aliphatic heterocycles. The lowest BCUT2D eigenvalue weighted by Gasteiger charge is -2.08. The van der Waals surface area contributed by atoms with Crippen molar-refractivity contribution in [2.45, 2.75) is 39.0 Å². The Hall–Kier alpha value is -0.560. The molecule has 216 valence electrons. The van der Waals surface area contributed by atoms with Crippen LogP contribution in [0.25, 0.3) is 0 Å². The van der Waals surface area contributed by atoms with Crippen LogP contribution in [0.1, 0.15) is 39.0 Å². The standard InChI is InChI=1S/C25H49ClO10/c1-2-36-25(27)7-10-29-12-14-31-16-18-33-20-22-35-24-23-34-21-19-32-17-15-30-13-11-28-9-6-4-3-5-8-26/h2-24H2,1H3. The minimum Gasteiger partial charge on any atom is -0.466 e. The molecule has 10 nitrogen and oxygen atoms in total. The van der Waals surface area contributed by atoms with Gasteiger partial charge in [-0.05, 0) is 19.8 Å². The van der Waals surface area contributed by atoms with Crippen LogP contribution in [0.5, 0.6) is 0 Å². The van der Waals surface area contributed by atoms with E-state index in [4.69, 9.17) is 54.2 Å². The van der Waals surface area contributed by atoms with Crippen LogP contribution < -0.4 is 0 Å². The summed E-state index contributed by atoms with van der Waals surface area (Å²) >= 11 is 5.64. The quantitative estimate of drug-likeness (QED) is 0.0735. The Labute approximate surface area is 222 Å². The zero-order valence-electron chi connectivity index (χ0n) is 22.2. The van der Waals surface area contributed by atoms with Gasteiger partial charge in [-0.15, -0.1) is 11.6 Å². The summed E-state index contributed by atoms with van der Waals surface area (Å²) in [5, 5.41) is 0. The van der Waals surface area contributed by atoms with Gasteiger partial charge in [0.15, 0.2) is 0 Å². The second-order valence-corrected chi connectivity index (χ2v) is 7.94. The normalized spacial score (nSPS) is 11.3. The monoisotopic (exact) mass is 544 g/mol. The van der Waals surface area contributed by atoms with Crippen molar-refractivity contribution in [1.29, 1.82) is 0 Å². The molecule has 0 atom stereocenters. The van der Waals surface area contributed by atoms with E-state index in [0.29, 0.717) is 106 Å². The number of halogens is 1. The summed E-state index contributed by atoms with van der Waals surface area (Å²) in [6.07, 6.45) is 4.76. The minimum atomic E-state index is -0.246. The van der Waals surface area contributed by atoms with Crippen molar-refractivity contribution in [2.75, 3.05) is 118 Å². The molecule has 0 aromatic carbocycles. The van der Waals surface area contributed by atoms with Gasteiger partial charge < -0.3 is 42.6 Å². The van der Waals surface area contributed by atoms with Gasteiger partial charge in [-0.2, -0.15) is 0 Å². The molecular formula is C25H49ClO10. The van der Waals surface area contributed by atoms with E-state index in [2.05, 4.69) is 0 Å². The summed E-state index contributed by atoms with van der Waals surface area (Å²) < 4.78 is 48.2. The number of unbranched alkanes of at least 4 members (excludes halogenated alkanes) is 3. The Morgan fingerprint density at radius 2 is 0.806 bits per heavy atom. The van der Waals surface area contributed by atoms with Gasteiger partial charge in [0.1, 0.15) is 0 Å². The molecule has 0 spiro atoms. The first-order valence-corrected chi connectivity index (χ1v) is 13.7. The molecule has 0 unspecified atom stereocenters. The third-order valence-electron chi connectivity index (χ3n) is 4.53. The van der Waals surface area contributed by atoms with Gasteiger partial charge in [0, 0.05) is 12.5 Å². The highest BCUT2D eigenvalue weighted by Gasteiger charge is 2.00. The van der Waals surface area contributed by atoms with E-state index in [1.54, 1.807) is 6.92 Å². The first-order chi connectivity index (χ1) is 17.8. The van der Waals surface area contributed by atoms with Gasteiger partial charge in [-0.3, -0.25) is 4.79 Å². The van der Waals surface area contributed by atoms with E-state index in [-0.39, 0.29) is 12.4 Å². The molecule has 0 amide bonds. The summed E-state index contributed by atoms with van der Waals surface area (Å²) in [7, 11) is 0. The molecular weight excluding hydrogens is 496 g/mol. The van der Waals surface area contributed by atoms with Crippen LogP contribution in [-0.2, 0) is 47.4 Å². The molecule has 0 fully saturated rings. The lowest BCUT2D eigenvalue weighted by Crippen LogP contribution is -2.15. The van der Waals surface area contributed by atoms with Gasteiger partial charge >= 0.3 is 5.97 Å². The van der Waals surface area contributed by atoms with Gasteiger partial charge in [0.05, 0.1) is 112 Å². The zero-order valence-corrected chi connectivity index (χ0v) is 23.0. The average molecular weight is 545 g/mol. The molecule has 36 heavy (non-hydrogen) atoms. The van der Waals surface area contributed by atoms with Crippen LogP contribution in [0.2, 0.25) is 0 Å². The highest BCUT2D eigenvalue weighted by atomic mass is 35.5. The summed E-state index contributed by atoms with van der Waals surface area (Å²) in [5.41, 5.74) is 0. The predicted octanol–water partition coefficient (Wildman–Crippen LogP) is 2.87. The van der Waals surface area contributed by atoms with Crippen molar-refractivity contribution < 1.29 is 47.4 Å². The number of rotatable bonds is 31. The van der Waals surface area contributed by atoms with E-state index >= 15 is 0 Å². The van der Waals surface area contributed by atoms with Crippen molar-refractivity contribution in [1.82, 2.24) is 0 Å². The second kappa shape index (κ2) is 32.5. The average Bonchev–Trinajstić information content (AvgIpc) is 2.88. The second-order valence-electron chi connectivity index (χ2n) is 7.56. The molecule has 0 saturated carbocycles. The lowest BCUT2D eigenvalue weighted by atomic mass is 10.2. The van der Waals surface area contributed by atoms with E-state index in [1.165, 1.54) is 12.8 Å². The van der Waals surface area contributed by atoms with Crippen LogP contribution in [0.4, 0.5) is 0 Å². The first kappa shape index (κ1) is 35.4. The fraction of sp³-hybridized carbons (Fsp3) is 0.960. The fourth-order valence-corrected chi connectivity index (χ4v) is 2.87. The largest absolute Gasteiger partial charge is 0.466 e. The number of esters is 1. The van der Waals surface area contributed by atoms with Crippen LogP contribution in [0, 0.1) is 0 Å². The van der Waals surface area contributed by atoms with Gasteiger partial charge in [-0.25, -0.2) is 0 Å². The highest BCUT2D eigenvalue weighted by Crippen LogP contribution is 2.01. The molecule has 0 heterocycles. The maximum atomic E-state index is 11.1. The molecule has 0 aromatic rings. The van der Waals surface area contributed by atoms with E-state index in [1.807, 2.05) is 0 Å². The summed E-state index contributed by atoms with van der Waals surface area (Å²) in [5.74, 6) is 0.498. The minimum absolute atomic E-state index is 0.246. The fourth-order valence-electron chi connectivity index (χ4n) is 2.68. The van der Waals surface area contributed by atoms with Crippen molar-refractivity contribution in [2.24, 2.45) is 0 Å². The molecule has 0 aliphatic rings. The van der Waals surface area contributed by atoms with Crippen molar-refractivity contribution in [3.8, 4) is 0 Å². The van der Waals surface area contributed by atoms with Gasteiger partial charge in [0.25, 0.3) is 0 Å². The van der Waals surface area contributed by atoms with E-state index in [9.17, 15) is 4.79 Å². The maximum Gasteiger partial charge on any atom is 0.308 e. The Morgan fingerprint density at radius 3 is 1.17 bits per heavy atom. The number of alkyl halides is 1. The van der Waals surface area contributed by atoms with Crippen LogP contribution in [-0.4, -0.2) is 124 Å². The Balaban J connectivity index is 3.04. The number of hydrogen-bond donors (Lipinski definition) is 0. The molecule has 0 saturated heterocycles. The van der Waals surface area contributed by atoms with Crippen molar-refractivity contribution in [3.63, 3.8) is 0 Å². The van der Waals surface area contributed by atoms with Crippen molar-refractivity contribution >= 4 is 17.6 Å². The van der Waals surface area contributed by atoms with Crippen LogP contribution >= 0.6 is 11.6 Å². The number of carbonyl (C=O) groups excluding carboxylic acids is 1. The Bertz CT molecular complexity index is 432. The molecule has 0 aromatic heterocycles. The number of carbonyl (C=O) groups is 1. The highest BCUT2D eigenvalue weighted by molar-refractivity contribution is 6.17.